The van der Waals surface area contributed by atoms with E-state index >= 15 is 0 Å². The minimum absolute atomic E-state index is 0.176. The van der Waals surface area contributed by atoms with E-state index in [0.29, 0.717) is 16.1 Å². The summed E-state index contributed by atoms with van der Waals surface area (Å²) >= 11 is 3.27. The molecule has 0 heterocycles. The van der Waals surface area contributed by atoms with Crippen LogP contribution in [0.1, 0.15) is 30.1 Å². The number of carbonyl (C=O) groups is 2. The maximum Gasteiger partial charge on any atom is 0.335 e. The Kier molecular flexibility index (Phi) is 4.32. The molecule has 2 amide bonds. The molecular formula is C14H17BrN2O3. The fourth-order valence-electron chi connectivity index (χ4n) is 2.03. The number of rotatable bonds is 4. The highest BCUT2D eigenvalue weighted by Crippen LogP contribution is 2.35. The average Bonchev–Trinajstić information content (AvgIpc) is 3.23. The molecule has 1 aromatic carbocycles. The molecule has 1 aliphatic carbocycles. The molecule has 108 valence electrons. The van der Waals surface area contributed by atoms with Gasteiger partial charge in [0.15, 0.2) is 0 Å². The van der Waals surface area contributed by atoms with Gasteiger partial charge in [-0.2, -0.15) is 0 Å². The van der Waals surface area contributed by atoms with Crippen LogP contribution in [0.15, 0.2) is 22.7 Å². The topological polar surface area (TPSA) is 69.6 Å². The summed E-state index contributed by atoms with van der Waals surface area (Å²) in [4.78, 5) is 24.7. The van der Waals surface area contributed by atoms with Crippen LogP contribution < -0.4 is 5.32 Å². The van der Waals surface area contributed by atoms with Crippen LogP contribution in [0, 0.1) is 5.92 Å². The van der Waals surface area contributed by atoms with Crippen LogP contribution in [0.2, 0.25) is 0 Å². The van der Waals surface area contributed by atoms with E-state index in [1.807, 2.05) is 6.92 Å². The van der Waals surface area contributed by atoms with E-state index in [0.717, 1.165) is 0 Å². The highest BCUT2D eigenvalue weighted by Gasteiger charge is 2.32. The Bertz CT molecular complexity index is 543. The number of halogens is 1. The van der Waals surface area contributed by atoms with Crippen molar-refractivity contribution in [3.63, 3.8) is 0 Å². The van der Waals surface area contributed by atoms with Gasteiger partial charge in [-0.1, -0.05) is 0 Å². The van der Waals surface area contributed by atoms with Crippen LogP contribution in [0.3, 0.4) is 0 Å². The van der Waals surface area contributed by atoms with Crippen molar-refractivity contribution in [3.05, 3.63) is 28.2 Å². The number of nitrogens with one attached hydrogen (secondary N) is 1. The number of hydrogen-bond donors (Lipinski definition) is 2. The normalized spacial score (nSPS) is 15.6. The van der Waals surface area contributed by atoms with Crippen LogP contribution in [-0.2, 0) is 0 Å². The zero-order chi connectivity index (χ0) is 14.9. The van der Waals surface area contributed by atoms with Crippen molar-refractivity contribution in [1.29, 1.82) is 0 Å². The van der Waals surface area contributed by atoms with Gasteiger partial charge in [-0.05, 0) is 59.8 Å². The standard InChI is InChI=1S/C14H17BrN2O3/c1-8(9-3-4-9)17(2)14(20)16-12-6-5-10(13(18)19)7-11(12)15/h5-9H,3-4H2,1-2H3,(H,16,20)(H,18,19). The minimum atomic E-state index is -0.997. The molecule has 0 radical (unpaired) electrons. The van der Waals surface area contributed by atoms with Gasteiger partial charge in [0.25, 0.3) is 0 Å². The maximum absolute atomic E-state index is 12.1. The van der Waals surface area contributed by atoms with Crippen molar-refractivity contribution in [3.8, 4) is 0 Å². The number of nitrogens with zero attached hydrogens (tertiary/aromatic N) is 1. The number of carboxylic acids is 1. The number of carbonyl (C=O) groups excluding carboxylic acids is 1. The van der Waals surface area contributed by atoms with Crippen molar-refractivity contribution < 1.29 is 14.7 Å². The molecule has 0 aliphatic heterocycles. The van der Waals surface area contributed by atoms with E-state index in [4.69, 9.17) is 5.11 Å². The Morgan fingerprint density at radius 3 is 2.60 bits per heavy atom. The fourth-order valence-corrected chi connectivity index (χ4v) is 2.51. The number of carboxylic acid groups (broad SMARTS) is 1. The van der Waals surface area contributed by atoms with Gasteiger partial charge < -0.3 is 15.3 Å². The maximum atomic E-state index is 12.1. The van der Waals surface area contributed by atoms with E-state index in [9.17, 15) is 9.59 Å². The molecule has 0 spiro atoms. The van der Waals surface area contributed by atoms with Crippen molar-refractivity contribution in [2.24, 2.45) is 5.92 Å². The van der Waals surface area contributed by atoms with Crippen molar-refractivity contribution in [2.75, 3.05) is 12.4 Å². The molecule has 2 N–H and O–H groups in total. The highest BCUT2D eigenvalue weighted by molar-refractivity contribution is 9.10. The Labute approximate surface area is 126 Å². The molecule has 6 heteroatoms. The van der Waals surface area contributed by atoms with Gasteiger partial charge in [-0.3, -0.25) is 0 Å². The first-order valence-corrected chi connectivity index (χ1v) is 7.26. The van der Waals surface area contributed by atoms with Gasteiger partial charge in [0.05, 0.1) is 11.3 Å². The largest absolute Gasteiger partial charge is 0.478 e. The lowest BCUT2D eigenvalue weighted by molar-refractivity contribution is 0.0697. The number of aromatic carboxylic acids is 1. The van der Waals surface area contributed by atoms with Crippen LogP contribution >= 0.6 is 15.9 Å². The number of anilines is 1. The number of benzene rings is 1. The van der Waals surface area contributed by atoms with Gasteiger partial charge >= 0.3 is 12.0 Å². The molecule has 1 unspecified atom stereocenters. The summed E-state index contributed by atoms with van der Waals surface area (Å²) in [5, 5.41) is 11.7. The van der Waals surface area contributed by atoms with E-state index in [-0.39, 0.29) is 17.6 Å². The molecule has 5 nitrogen and oxygen atoms in total. The van der Waals surface area contributed by atoms with E-state index in [2.05, 4.69) is 21.2 Å². The third kappa shape index (κ3) is 3.30. The van der Waals surface area contributed by atoms with Crippen molar-refractivity contribution in [2.45, 2.75) is 25.8 Å². The second-order valence-corrected chi connectivity index (χ2v) is 5.97. The highest BCUT2D eigenvalue weighted by atomic mass is 79.9. The fraction of sp³-hybridized carbons (Fsp3) is 0.429. The van der Waals surface area contributed by atoms with Gasteiger partial charge in [0.1, 0.15) is 0 Å². The molecule has 2 rings (SSSR count). The summed E-state index contributed by atoms with van der Waals surface area (Å²) in [7, 11) is 1.78. The molecule has 1 atom stereocenters. The average molecular weight is 341 g/mol. The number of hydrogen-bond acceptors (Lipinski definition) is 2. The molecule has 1 saturated carbocycles. The predicted octanol–water partition coefficient (Wildman–Crippen LogP) is 3.41. The van der Waals surface area contributed by atoms with Crippen LogP contribution in [0.4, 0.5) is 10.5 Å². The molecule has 0 aromatic heterocycles. The lowest BCUT2D eigenvalue weighted by Crippen LogP contribution is -2.39. The molecule has 20 heavy (non-hydrogen) atoms. The number of amides is 2. The summed E-state index contributed by atoms with van der Waals surface area (Å²) in [6, 6.07) is 4.55. The van der Waals surface area contributed by atoms with E-state index in [1.54, 1.807) is 18.0 Å². The summed E-state index contributed by atoms with van der Waals surface area (Å²) in [6.45, 7) is 2.04. The Morgan fingerprint density at radius 1 is 1.45 bits per heavy atom. The van der Waals surface area contributed by atoms with E-state index < -0.39 is 5.97 Å². The molecular weight excluding hydrogens is 324 g/mol. The quantitative estimate of drug-likeness (QED) is 0.882. The summed E-state index contributed by atoms with van der Waals surface area (Å²) in [6.07, 6.45) is 2.35. The van der Waals surface area contributed by atoms with Crippen LogP contribution in [-0.4, -0.2) is 35.1 Å². The summed E-state index contributed by atoms with van der Waals surface area (Å²) in [5.74, 6) is -0.397. The SMILES string of the molecule is CC(C1CC1)N(C)C(=O)Nc1ccc(C(=O)O)cc1Br. The molecule has 1 fully saturated rings. The lowest BCUT2D eigenvalue weighted by atomic mass is 10.2. The van der Waals surface area contributed by atoms with Gasteiger partial charge in [-0.15, -0.1) is 0 Å². The van der Waals surface area contributed by atoms with Crippen molar-refractivity contribution in [1.82, 2.24) is 4.90 Å². The zero-order valence-corrected chi connectivity index (χ0v) is 13.0. The lowest BCUT2D eigenvalue weighted by Gasteiger charge is -2.25. The van der Waals surface area contributed by atoms with Gasteiger partial charge in [0, 0.05) is 17.6 Å². The molecule has 1 aliphatic rings. The molecule has 0 saturated heterocycles. The number of urea groups is 1. The summed E-state index contributed by atoms with van der Waals surface area (Å²) in [5.41, 5.74) is 0.740. The first-order chi connectivity index (χ1) is 9.40. The predicted molar refractivity (Wildman–Crippen MR) is 80.1 cm³/mol. The Hall–Kier alpha value is -1.56. The smallest absolute Gasteiger partial charge is 0.335 e. The Morgan fingerprint density at radius 2 is 2.10 bits per heavy atom. The van der Waals surface area contributed by atoms with Gasteiger partial charge in [0.2, 0.25) is 0 Å². The minimum Gasteiger partial charge on any atom is -0.478 e. The first kappa shape index (κ1) is 14.8. The monoisotopic (exact) mass is 340 g/mol. The second-order valence-electron chi connectivity index (χ2n) is 5.12. The molecule has 0 bridgehead atoms. The zero-order valence-electron chi connectivity index (χ0n) is 11.4. The third-order valence-electron chi connectivity index (χ3n) is 3.69. The summed E-state index contributed by atoms with van der Waals surface area (Å²) < 4.78 is 0.554. The van der Waals surface area contributed by atoms with Crippen LogP contribution in [0.25, 0.3) is 0 Å². The second kappa shape index (κ2) is 5.83. The Balaban J connectivity index is 2.05. The first-order valence-electron chi connectivity index (χ1n) is 6.47. The van der Waals surface area contributed by atoms with Crippen molar-refractivity contribution >= 4 is 33.6 Å². The third-order valence-corrected chi connectivity index (χ3v) is 4.35. The molecule has 1 aromatic rings. The van der Waals surface area contributed by atoms with Gasteiger partial charge in [-0.25, -0.2) is 9.59 Å². The van der Waals surface area contributed by atoms with E-state index in [1.165, 1.54) is 25.0 Å². The van der Waals surface area contributed by atoms with Crippen LogP contribution in [0.5, 0.6) is 0 Å².